The van der Waals surface area contributed by atoms with Crippen LogP contribution in [0, 0.1) is 0 Å². The Hall–Kier alpha value is -2.65. The van der Waals surface area contributed by atoms with Gasteiger partial charge in [-0.25, -0.2) is 0 Å². The number of rotatable bonds is 11. The number of ether oxygens (including phenoxy) is 2. The van der Waals surface area contributed by atoms with E-state index in [0.29, 0.717) is 0 Å². The first-order chi connectivity index (χ1) is 17.8. The minimum Gasteiger partial charge on any atom is -0.474 e. The van der Waals surface area contributed by atoms with Gasteiger partial charge in [-0.1, -0.05) is 74.0 Å². The van der Waals surface area contributed by atoms with E-state index in [2.05, 4.69) is 132 Å². The predicted molar refractivity (Wildman–Crippen MR) is 161 cm³/mol. The second-order valence-electron chi connectivity index (χ2n) is 10.1. The zero-order valence-electron chi connectivity index (χ0n) is 23.4. The second-order valence-corrected chi connectivity index (χ2v) is 12.4. The average Bonchev–Trinajstić information content (AvgIpc) is 2.90. The van der Waals surface area contributed by atoms with Crippen LogP contribution < -0.4 is 20.1 Å². The van der Waals surface area contributed by atoms with E-state index in [4.69, 9.17) is 9.47 Å². The van der Waals surface area contributed by atoms with Crippen molar-refractivity contribution in [3.8, 4) is 11.5 Å². The van der Waals surface area contributed by atoms with Crippen molar-refractivity contribution in [3.63, 3.8) is 0 Å². The van der Waals surface area contributed by atoms with E-state index in [1.807, 2.05) is 0 Å². The molecule has 0 saturated heterocycles. The van der Waals surface area contributed by atoms with E-state index in [-0.39, 0.29) is 12.5 Å². The molecule has 0 aliphatic heterocycles. The maximum atomic E-state index is 6.74. The summed E-state index contributed by atoms with van der Waals surface area (Å²) in [6.45, 7) is 6.50. The molecule has 0 aliphatic rings. The van der Waals surface area contributed by atoms with Gasteiger partial charge in [0.15, 0.2) is 0 Å². The molecule has 0 spiro atoms. The van der Waals surface area contributed by atoms with Gasteiger partial charge in [0.2, 0.25) is 0 Å². The molecule has 0 radical (unpaired) electrons. The highest BCUT2D eigenvalue weighted by Crippen LogP contribution is 2.45. The molecule has 5 heteroatoms. The van der Waals surface area contributed by atoms with Crippen LogP contribution in [-0.2, 0) is 0 Å². The molecule has 4 aromatic rings. The molecule has 37 heavy (non-hydrogen) atoms. The molecule has 0 fully saturated rings. The molecule has 0 saturated carbocycles. The summed E-state index contributed by atoms with van der Waals surface area (Å²) in [5, 5.41) is 7.31. The highest BCUT2D eigenvalue weighted by Gasteiger charge is 2.26. The number of nitrogens with zero attached hydrogens (tertiary/aromatic N) is 2. The Morgan fingerprint density at radius 2 is 1.08 bits per heavy atom. The summed E-state index contributed by atoms with van der Waals surface area (Å²) in [5.41, 5.74) is 0. The van der Waals surface area contributed by atoms with Crippen molar-refractivity contribution < 1.29 is 9.47 Å². The molecule has 196 valence electrons. The lowest BCUT2D eigenvalue weighted by atomic mass is 10.1. The maximum absolute atomic E-state index is 6.74. The van der Waals surface area contributed by atoms with E-state index in [1.54, 1.807) is 0 Å². The fourth-order valence-corrected chi connectivity index (χ4v) is 7.09. The molecule has 4 nitrogen and oxygen atoms in total. The highest BCUT2D eigenvalue weighted by molar-refractivity contribution is 7.73. The minimum absolute atomic E-state index is 0.0475. The quantitative estimate of drug-likeness (QED) is 0.162. The van der Waals surface area contributed by atoms with Crippen LogP contribution in [0.25, 0.3) is 21.5 Å². The molecule has 2 unspecified atom stereocenters. The Morgan fingerprint density at radius 3 is 1.49 bits per heavy atom. The third-order valence-electron chi connectivity index (χ3n) is 7.07. The van der Waals surface area contributed by atoms with E-state index in [9.17, 15) is 0 Å². The molecule has 4 rings (SSSR count). The summed E-state index contributed by atoms with van der Waals surface area (Å²) in [6.07, 6.45) is 3.29. The SMILES string of the molecule is CCCCP(c1ccc2ccccc2c1OC(C)N(C)C)c1ccc2ccccc2c1OC(C)N(C)C. The fourth-order valence-electron chi connectivity index (χ4n) is 4.37. The number of unbranched alkanes of at least 4 members (excludes halogenated alkanes) is 1. The molecule has 0 bridgehead atoms. The zero-order chi connectivity index (χ0) is 26.5. The van der Waals surface area contributed by atoms with Gasteiger partial charge in [0.1, 0.15) is 24.0 Å². The number of fused-ring (bicyclic) bond motifs is 2. The van der Waals surface area contributed by atoms with Crippen LogP contribution in [0.5, 0.6) is 11.5 Å². The largest absolute Gasteiger partial charge is 0.474 e. The van der Waals surface area contributed by atoms with E-state index in [0.717, 1.165) is 30.5 Å². The molecule has 4 aromatic carbocycles. The van der Waals surface area contributed by atoms with Crippen LogP contribution in [0.2, 0.25) is 0 Å². The molecule has 0 aromatic heterocycles. The van der Waals surface area contributed by atoms with Crippen molar-refractivity contribution in [3.05, 3.63) is 72.8 Å². The third-order valence-corrected chi connectivity index (χ3v) is 9.70. The van der Waals surface area contributed by atoms with E-state index in [1.165, 1.54) is 32.2 Å². The molecule has 0 aliphatic carbocycles. The van der Waals surface area contributed by atoms with Gasteiger partial charge in [-0.05, 0) is 85.4 Å². The van der Waals surface area contributed by atoms with Gasteiger partial charge < -0.3 is 9.47 Å². The van der Waals surface area contributed by atoms with Gasteiger partial charge in [-0.3, -0.25) is 9.80 Å². The van der Waals surface area contributed by atoms with Gasteiger partial charge in [0.25, 0.3) is 0 Å². The molecular formula is C32H41N2O2P. The summed E-state index contributed by atoms with van der Waals surface area (Å²) < 4.78 is 13.5. The Morgan fingerprint density at radius 1 is 0.649 bits per heavy atom. The van der Waals surface area contributed by atoms with Crippen molar-refractivity contribution in [1.29, 1.82) is 0 Å². The minimum atomic E-state index is -0.732. The molecular weight excluding hydrogens is 475 g/mol. The summed E-state index contributed by atoms with van der Waals surface area (Å²) in [6, 6.07) is 26.2. The van der Waals surface area contributed by atoms with E-state index >= 15 is 0 Å². The third kappa shape index (κ3) is 6.09. The Balaban J connectivity index is 1.96. The van der Waals surface area contributed by atoms with Gasteiger partial charge in [-0.2, -0.15) is 0 Å². The summed E-state index contributed by atoms with van der Waals surface area (Å²) >= 11 is 0. The molecule has 0 N–H and O–H groups in total. The summed E-state index contributed by atoms with van der Waals surface area (Å²) in [5.74, 6) is 2.00. The lowest BCUT2D eigenvalue weighted by Gasteiger charge is -2.30. The van der Waals surface area contributed by atoms with Crippen LogP contribution >= 0.6 is 7.92 Å². The first kappa shape index (κ1) is 27.4. The lowest BCUT2D eigenvalue weighted by molar-refractivity contribution is 0.0840. The summed E-state index contributed by atoms with van der Waals surface area (Å²) in [7, 11) is 7.52. The van der Waals surface area contributed by atoms with Crippen molar-refractivity contribution in [2.24, 2.45) is 0 Å². The molecule has 2 atom stereocenters. The van der Waals surface area contributed by atoms with Crippen LogP contribution in [-0.4, -0.2) is 56.6 Å². The summed E-state index contributed by atoms with van der Waals surface area (Å²) in [4.78, 5) is 4.23. The van der Waals surface area contributed by atoms with Gasteiger partial charge >= 0.3 is 0 Å². The topological polar surface area (TPSA) is 24.9 Å². The fraction of sp³-hybridized carbons (Fsp3) is 0.375. The molecule has 0 heterocycles. The van der Waals surface area contributed by atoms with Crippen molar-refractivity contribution in [2.75, 3.05) is 34.4 Å². The highest BCUT2D eigenvalue weighted by atomic mass is 31.1. The predicted octanol–water partition coefficient (Wildman–Crippen LogP) is 6.80. The van der Waals surface area contributed by atoms with Crippen LogP contribution in [0.15, 0.2) is 72.8 Å². The lowest BCUT2D eigenvalue weighted by Crippen LogP contribution is -2.33. The zero-order valence-corrected chi connectivity index (χ0v) is 24.3. The van der Waals surface area contributed by atoms with Crippen LogP contribution in [0.4, 0.5) is 0 Å². The van der Waals surface area contributed by atoms with Crippen molar-refractivity contribution >= 4 is 40.1 Å². The van der Waals surface area contributed by atoms with Gasteiger partial charge in [0.05, 0.1) is 0 Å². The first-order valence-corrected chi connectivity index (χ1v) is 14.8. The Kier molecular flexibility index (Phi) is 9.08. The smallest absolute Gasteiger partial charge is 0.149 e. The second kappa shape index (κ2) is 12.3. The van der Waals surface area contributed by atoms with Crippen molar-refractivity contribution in [2.45, 2.75) is 46.1 Å². The Bertz CT molecular complexity index is 1240. The first-order valence-electron chi connectivity index (χ1n) is 13.3. The maximum Gasteiger partial charge on any atom is 0.149 e. The number of benzene rings is 4. The van der Waals surface area contributed by atoms with Crippen LogP contribution in [0.3, 0.4) is 0 Å². The number of hydrogen-bond donors (Lipinski definition) is 0. The van der Waals surface area contributed by atoms with E-state index < -0.39 is 7.92 Å². The normalized spacial score (nSPS) is 14.3. The molecule has 0 amide bonds. The van der Waals surface area contributed by atoms with Gasteiger partial charge in [0, 0.05) is 21.4 Å². The number of hydrogen-bond acceptors (Lipinski definition) is 4. The van der Waals surface area contributed by atoms with Crippen LogP contribution in [0.1, 0.15) is 33.6 Å². The standard InChI is InChI=1S/C32H41N2O2P/c1-8-9-22-37(29-20-18-25-14-10-12-16-27(25)31(29)35-23(2)33(4)5)30-21-19-26-15-11-13-17-28(26)32(30)36-24(3)34(6)7/h10-21,23-24H,8-9,22H2,1-7H3. The Labute approximate surface area is 223 Å². The monoisotopic (exact) mass is 516 g/mol. The van der Waals surface area contributed by atoms with Crippen molar-refractivity contribution in [1.82, 2.24) is 9.80 Å². The average molecular weight is 517 g/mol. The van der Waals surface area contributed by atoms with Gasteiger partial charge in [-0.15, -0.1) is 0 Å².